The first-order valence-corrected chi connectivity index (χ1v) is 5.81. The van der Waals surface area contributed by atoms with E-state index < -0.39 is 5.97 Å². The molecule has 0 fully saturated rings. The fourth-order valence-electron chi connectivity index (χ4n) is 1.62. The Balaban J connectivity index is 4.42. The molecular weight excluding hydrogens is 224 g/mol. The molecule has 0 heterocycles. The minimum atomic E-state index is -1.05. The summed E-state index contributed by atoms with van der Waals surface area (Å²) in [7, 11) is 1.57. The summed E-state index contributed by atoms with van der Waals surface area (Å²) >= 11 is 0. The lowest BCUT2D eigenvalue weighted by atomic mass is 10.1. The van der Waals surface area contributed by atoms with Gasteiger partial charge in [0.25, 0.3) is 0 Å². The average Bonchev–Trinajstić information content (AvgIpc) is 2.31. The number of nitrogens with one attached hydrogen (secondary N) is 1. The van der Waals surface area contributed by atoms with Gasteiger partial charge in [-0.1, -0.05) is 13.8 Å². The number of ether oxygens (including phenoxy) is 1. The minimum absolute atomic E-state index is 0.110. The van der Waals surface area contributed by atoms with Crippen LogP contribution in [0.1, 0.15) is 26.7 Å². The van der Waals surface area contributed by atoms with Crippen LogP contribution in [-0.4, -0.2) is 54.9 Å². The highest BCUT2D eigenvalue weighted by Gasteiger charge is 2.20. The second-order valence-electron chi connectivity index (χ2n) is 3.71. The van der Waals surface area contributed by atoms with Gasteiger partial charge in [0.05, 0.1) is 6.61 Å². The Labute approximate surface area is 102 Å². The van der Waals surface area contributed by atoms with Gasteiger partial charge in [-0.25, -0.2) is 4.79 Å². The van der Waals surface area contributed by atoms with Crippen LogP contribution in [0.2, 0.25) is 0 Å². The van der Waals surface area contributed by atoms with Gasteiger partial charge >= 0.3 is 12.0 Å². The number of carbonyl (C=O) groups is 2. The Bertz CT molecular complexity index is 242. The van der Waals surface area contributed by atoms with Gasteiger partial charge in [-0.2, -0.15) is 0 Å². The van der Waals surface area contributed by atoms with Crippen LogP contribution in [0.3, 0.4) is 0 Å². The van der Waals surface area contributed by atoms with Crippen molar-refractivity contribution in [3.63, 3.8) is 0 Å². The lowest BCUT2D eigenvalue weighted by Gasteiger charge is -2.30. The van der Waals surface area contributed by atoms with Crippen molar-refractivity contribution in [2.45, 2.75) is 32.7 Å². The van der Waals surface area contributed by atoms with Gasteiger partial charge in [-0.3, -0.25) is 4.79 Å². The molecular formula is C11H22N2O4. The molecule has 0 unspecified atom stereocenters. The molecule has 17 heavy (non-hydrogen) atoms. The van der Waals surface area contributed by atoms with Crippen molar-refractivity contribution in [3.05, 3.63) is 0 Å². The normalized spacial score (nSPS) is 10.4. The number of rotatable bonds is 8. The first-order valence-electron chi connectivity index (χ1n) is 5.81. The van der Waals surface area contributed by atoms with Crippen molar-refractivity contribution >= 4 is 12.0 Å². The summed E-state index contributed by atoms with van der Waals surface area (Å²) in [4.78, 5) is 23.8. The number of carbonyl (C=O) groups excluding carboxylic acids is 1. The quantitative estimate of drug-likeness (QED) is 0.667. The van der Waals surface area contributed by atoms with Gasteiger partial charge in [-0.05, 0) is 12.8 Å². The molecule has 0 aliphatic heterocycles. The Hall–Kier alpha value is -1.30. The molecule has 0 spiro atoms. The van der Waals surface area contributed by atoms with E-state index in [1.807, 2.05) is 13.8 Å². The summed E-state index contributed by atoms with van der Waals surface area (Å²) < 4.78 is 4.95. The summed E-state index contributed by atoms with van der Waals surface area (Å²) in [6, 6.07) is -0.239. The molecule has 6 nitrogen and oxygen atoms in total. The van der Waals surface area contributed by atoms with Crippen LogP contribution in [0.4, 0.5) is 4.79 Å². The van der Waals surface area contributed by atoms with Crippen LogP contribution >= 0.6 is 0 Å². The van der Waals surface area contributed by atoms with Gasteiger partial charge in [0.2, 0.25) is 0 Å². The SMILES string of the molecule is CCC(CC)N(CCOC)C(=O)NCC(=O)O. The van der Waals surface area contributed by atoms with E-state index in [2.05, 4.69) is 5.32 Å². The van der Waals surface area contributed by atoms with Crippen molar-refractivity contribution in [1.29, 1.82) is 0 Å². The van der Waals surface area contributed by atoms with Crippen molar-refractivity contribution in [1.82, 2.24) is 10.2 Å². The predicted molar refractivity (Wildman–Crippen MR) is 64.0 cm³/mol. The smallest absolute Gasteiger partial charge is 0.323 e. The van der Waals surface area contributed by atoms with E-state index in [1.165, 1.54) is 0 Å². The van der Waals surface area contributed by atoms with Crippen molar-refractivity contribution in [3.8, 4) is 0 Å². The molecule has 100 valence electrons. The van der Waals surface area contributed by atoms with Gasteiger partial charge < -0.3 is 20.1 Å². The standard InChI is InChI=1S/C11H22N2O4/c1-4-9(5-2)13(6-7-17-3)11(16)12-8-10(14)15/h9H,4-8H2,1-3H3,(H,12,16)(H,14,15). The van der Waals surface area contributed by atoms with E-state index in [-0.39, 0.29) is 18.6 Å². The molecule has 0 radical (unpaired) electrons. The Morgan fingerprint density at radius 1 is 1.35 bits per heavy atom. The van der Waals surface area contributed by atoms with Crippen molar-refractivity contribution < 1.29 is 19.4 Å². The summed E-state index contributed by atoms with van der Waals surface area (Å²) in [6.07, 6.45) is 1.67. The number of aliphatic carboxylic acids is 1. The fourth-order valence-corrected chi connectivity index (χ4v) is 1.62. The molecule has 0 rings (SSSR count). The maximum atomic E-state index is 11.8. The zero-order chi connectivity index (χ0) is 13.3. The average molecular weight is 246 g/mol. The van der Waals surface area contributed by atoms with Crippen LogP contribution in [0, 0.1) is 0 Å². The van der Waals surface area contributed by atoms with E-state index in [9.17, 15) is 9.59 Å². The Morgan fingerprint density at radius 2 is 1.94 bits per heavy atom. The highest BCUT2D eigenvalue weighted by atomic mass is 16.5. The van der Waals surface area contributed by atoms with Crippen LogP contribution in [0.15, 0.2) is 0 Å². The van der Waals surface area contributed by atoms with Gasteiger partial charge in [0.1, 0.15) is 6.54 Å². The number of hydrogen-bond donors (Lipinski definition) is 2. The number of nitrogens with zero attached hydrogens (tertiary/aromatic N) is 1. The number of urea groups is 1. The highest BCUT2D eigenvalue weighted by Crippen LogP contribution is 2.08. The zero-order valence-electron chi connectivity index (χ0n) is 10.7. The van der Waals surface area contributed by atoms with E-state index in [0.717, 1.165) is 12.8 Å². The molecule has 6 heteroatoms. The number of methoxy groups -OCH3 is 1. The molecule has 0 aliphatic rings. The molecule has 0 aromatic carbocycles. The van der Waals surface area contributed by atoms with Crippen molar-refractivity contribution in [2.75, 3.05) is 26.8 Å². The molecule has 0 atom stereocenters. The Kier molecular flexibility index (Phi) is 8.13. The second kappa shape index (κ2) is 8.81. The largest absolute Gasteiger partial charge is 0.480 e. The van der Waals surface area contributed by atoms with Gasteiger partial charge in [-0.15, -0.1) is 0 Å². The lowest BCUT2D eigenvalue weighted by Crippen LogP contribution is -2.48. The number of carboxylic acid groups (broad SMARTS) is 1. The maximum absolute atomic E-state index is 11.8. The monoisotopic (exact) mass is 246 g/mol. The highest BCUT2D eigenvalue weighted by molar-refractivity contribution is 5.80. The molecule has 0 aromatic heterocycles. The lowest BCUT2D eigenvalue weighted by molar-refractivity contribution is -0.135. The van der Waals surface area contributed by atoms with E-state index in [1.54, 1.807) is 12.0 Å². The summed E-state index contributed by atoms with van der Waals surface area (Å²) in [5, 5.41) is 10.9. The third kappa shape index (κ3) is 6.11. The number of carboxylic acids is 1. The van der Waals surface area contributed by atoms with Crippen molar-refractivity contribution in [2.24, 2.45) is 0 Å². The second-order valence-corrected chi connectivity index (χ2v) is 3.71. The number of amides is 2. The topological polar surface area (TPSA) is 78.9 Å². The zero-order valence-corrected chi connectivity index (χ0v) is 10.7. The van der Waals surface area contributed by atoms with Crippen LogP contribution in [0.5, 0.6) is 0 Å². The molecule has 0 aliphatic carbocycles. The molecule has 0 saturated heterocycles. The fraction of sp³-hybridized carbons (Fsp3) is 0.818. The van der Waals surface area contributed by atoms with Gasteiger partial charge in [0.15, 0.2) is 0 Å². The molecule has 0 saturated carbocycles. The summed E-state index contributed by atoms with van der Waals surface area (Å²) in [5.74, 6) is -1.05. The van der Waals surface area contributed by atoms with Crippen LogP contribution in [-0.2, 0) is 9.53 Å². The van der Waals surface area contributed by atoms with E-state index in [0.29, 0.717) is 13.2 Å². The Morgan fingerprint density at radius 3 is 2.35 bits per heavy atom. The minimum Gasteiger partial charge on any atom is -0.480 e. The predicted octanol–water partition coefficient (Wildman–Crippen LogP) is 0.918. The molecule has 0 aromatic rings. The van der Waals surface area contributed by atoms with E-state index in [4.69, 9.17) is 9.84 Å². The third-order valence-corrected chi connectivity index (χ3v) is 2.57. The molecule has 2 N–H and O–H groups in total. The van der Waals surface area contributed by atoms with E-state index >= 15 is 0 Å². The molecule has 0 bridgehead atoms. The first kappa shape index (κ1) is 15.7. The summed E-state index contributed by atoms with van der Waals surface area (Å²) in [5.41, 5.74) is 0. The third-order valence-electron chi connectivity index (χ3n) is 2.57. The maximum Gasteiger partial charge on any atom is 0.323 e. The van der Waals surface area contributed by atoms with Gasteiger partial charge in [0, 0.05) is 19.7 Å². The number of hydrogen-bond acceptors (Lipinski definition) is 3. The van der Waals surface area contributed by atoms with Crippen LogP contribution < -0.4 is 5.32 Å². The van der Waals surface area contributed by atoms with Crippen LogP contribution in [0.25, 0.3) is 0 Å². The first-order chi connectivity index (χ1) is 8.06. The molecule has 2 amide bonds. The summed E-state index contributed by atoms with van der Waals surface area (Å²) in [6.45, 7) is 4.55.